The molecule has 0 spiro atoms. The van der Waals surface area contributed by atoms with Crippen molar-refractivity contribution >= 4 is 23.5 Å². The quantitative estimate of drug-likeness (QED) is 0.634. The molecule has 2 nitrogen and oxygen atoms in total. The zero-order valence-corrected chi connectivity index (χ0v) is 6.52. The minimum absolute atomic E-state index is 0.196. The molecule has 3 heteroatoms. The van der Waals surface area contributed by atoms with E-state index in [0.717, 1.165) is 6.21 Å². The van der Waals surface area contributed by atoms with Crippen molar-refractivity contribution in [2.45, 2.75) is 0 Å². The Bertz CT molecular complexity index is 277. The van der Waals surface area contributed by atoms with Crippen LogP contribution in [0.3, 0.4) is 0 Å². The molecule has 0 saturated carbocycles. The van der Waals surface area contributed by atoms with Gasteiger partial charge in [-0.2, -0.15) is 0 Å². The minimum atomic E-state index is 0.196. The van der Waals surface area contributed by atoms with Gasteiger partial charge in [-0.15, -0.1) is 0 Å². The molecule has 56 valence electrons. The summed E-state index contributed by atoms with van der Waals surface area (Å²) in [4.78, 5) is 0. The van der Waals surface area contributed by atoms with Gasteiger partial charge in [-0.05, 0) is 12.1 Å². The summed E-state index contributed by atoms with van der Waals surface area (Å²) in [5, 5.41) is 14.7. The van der Waals surface area contributed by atoms with Gasteiger partial charge in [0.05, 0.1) is 5.71 Å². The Kier molecular flexibility index (Phi) is 2.39. The third-order valence-electron chi connectivity index (χ3n) is 1.30. The second-order valence-electron chi connectivity index (χ2n) is 2.06. The lowest BCUT2D eigenvalue weighted by atomic mass is 10.1. The molecule has 0 fully saturated rings. The summed E-state index contributed by atoms with van der Waals surface area (Å²) in [6.45, 7) is 0. The number of nitrogens with one attached hydrogen (secondary N) is 2. The van der Waals surface area contributed by atoms with E-state index in [0.29, 0.717) is 10.6 Å². The van der Waals surface area contributed by atoms with Gasteiger partial charge in [-0.1, -0.05) is 23.7 Å². The third kappa shape index (κ3) is 1.88. The van der Waals surface area contributed by atoms with E-state index in [9.17, 15) is 0 Å². The molecule has 0 aliphatic rings. The van der Waals surface area contributed by atoms with Gasteiger partial charge < -0.3 is 5.41 Å². The van der Waals surface area contributed by atoms with Crippen molar-refractivity contribution in [3.05, 3.63) is 34.9 Å². The van der Waals surface area contributed by atoms with Crippen LogP contribution in [0.15, 0.2) is 24.3 Å². The smallest absolute Gasteiger partial charge is 0.0787 e. The first-order chi connectivity index (χ1) is 5.24. The molecule has 0 bridgehead atoms. The van der Waals surface area contributed by atoms with Crippen LogP contribution in [0.2, 0.25) is 5.02 Å². The van der Waals surface area contributed by atoms with Crippen molar-refractivity contribution in [3.8, 4) is 0 Å². The Morgan fingerprint density at radius 3 is 2.27 bits per heavy atom. The number of benzene rings is 1. The van der Waals surface area contributed by atoms with Crippen molar-refractivity contribution in [2.24, 2.45) is 0 Å². The molecule has 2 N–H and O–H groups in total. The van der Waals surface area contributed by atoms with E-state index in [1.165, 1.54) is 0 Å². The number of halogens is 1. The van der Waals surface area contributed by atoms with Crippen molar-refractivity contribution in [2.75, 3.05) is 0 Å². The van der Waals surface area contributed by atoms with Crippen LogP contribution in [0.5, 0.6) is 0 Å². The first kappa shape index (κ1) is 7.95. The molecule has 0 aromatic heterocycles. The standard InChI is InChI=1S/C8H7ClN2/c9-7-3-1-6(2-4-7)8(11)5-10/h1-5,10-11H. The van der Waals surface area contributed by atoms with Gasteiger partial charge in [-0.25, -0.2) is 0 Å². The van der Waals surface area contributed by atoms with Crippen molar-refractivity contribution in [1.29, 1.82) is 10.8 Å². The molecule has 0 atom stereocenters. The molecule has 0 radical (unpaired) electrons. The third-order valence-corrected chi connectivity index (χ3v) is 1.55. The molecule has 0 heterocycles. The maximum atomic E-state index is 7.26. The lowest BCUT2D eigenvalue weighted by Gasteiger charge is -1.95. The van der Waals surface area contributed by atoms with Crippen LogP contribution in [-0.2, 0) is 0 Å². The van der Waals surface area contributed by atoms with Crippen LogP contribution in [0.25, 0.3) is 0 Å². The largest absolute Gasteiger partial charge is 0.307 e. The Balaban J connectivity index is 2.98. The van der Waals surface area contributed by atoms with Crippen LogP contribution in [0, 0.1) is 10.8 Å². The van der Waals surface area contributed by atoms with Crippen LogP contribution >= 0.6 is 11.6 Å². The van der Waals surface area contributed by atoms with Crippen molar-refractivity contribution in [3.63, 3.8) is 0 Å². The lowest BCUT2D eigenvalue weighted by Crippen LogP contribution is -1.97. The number of hydrogen-bond donors (Lipinski definition) is 2. The molecule has 0 saturated heterocycles. The molecule has 1 aromatic carbocycles. The zero-order chi connectivity index (χ0) is 8.27. The molecule has 1 rings (SSSR count). The van der Waals surface area contributed by atoms with Gasteiger partial charge in [0.15, 0.2) is 0 Å². The summed E-state index contributed by atoms with van der Waals surface area (Å²) in [6.07, 6.45) is 1.00. The summed E-state index contributed by atoms with van der Waals surface area (Å²) < 4.78 is 0. The normalized spacial score (nSPS) is 9.18. The van der Waals surface area contributed by atoms with Crippen LogP contribution in [-0.4, -0.2) is 11.9 Å². The van der Waals surface area contributed by atoms with Gasteiger partial charge in [0.25, 0.3) is 0 Å². The van der Waals surface area contributed by atoms with E-state index in [4.69, 9.17) is 22.4 Å². The number of hydrogen-bond acceptors (Lipinski definition) is 2. The second kappa shape index (κ2) is 3.30. The van der Waals surface area contributed by atoms with E-state index < -0.39 is 0 Å². The molecule has 0 unspecified atom stereocenters. The zero-order valence-electron chi connectivity index (χ0n) is 5.76. The maximum absolute atomic E-state index is 7.26. The summed E-state index contributed by atoms with van der Waals surface area (Å²) in [5.41, 5.74) is 0.908. The van der Waals surface area contributed by atoms with Gasteiger partial charge in [0.1, 0.15) is 0 Å². The molecule has 0 amide bonds. The molecule has 0 aliphatic heterocycles. The molecule has 0 aliphatic carbocycles. The maximum Gasteiger partial charge on any atom is 0.0787 e. The van der Waals surface area contributed by atoms with E-state index in [1.807, 2.05) is 0 Å². The fourth-order valence-corrected chi connectivity index (χ4v) is 0.839. The highest BCUT2D eigenvalue weighted by Gasteiger charge is 1.95. The summed E-state index contributed by atoms with van der Waals surface area (Å²) >= 11 is 5.63. The summed E-state index contributed by atoms with van der Waals surface area (Å²) in [5.74, 6) is 0. The number of rotatable bonds is 2. The van der Waals surface area contributed by atoms with E-state index in [2.05, 4.69) is 0 Å². The molecule has 11 heavy (non-hydrogen) atoms. The van der Waals surface area contributed by atoms with E-state index >= 15 is 0 Å². The lowest BCUT2D eigenvalue weighted by molar-refractivity contribution is 1.49. The van der Waals surface area contributed by atoms with Crippen LogP contribution < -0.4 is 0 Å². The first-order valence-corrected chi connectivity index (χ1v) is 3.47. The highest BCUT2D eigenvalue weighted by Crippen LogP contribution is 2.08. The first-order valence-electron chi connectivity index (χ1n) is 3.09. The average Bonchev–Trinajstić information content (AvgIpc) is 2.05. The fourth-order valence-electron chi connectivity index (χ4n) is 0.713. The SMILES string of the molecule is N=CC(=N)c1ccc(Cl)cc1. The van der Waals surface area contributed by atoms with Crippen molar-refractivity contribution in [1.82, 2.24) is 0 Å². The Hall–Kier alpha value is -1.15. The topological polar surface area (TPSA) is 47.7 Å². The predicted octanol–water partition coefficient (Wildman–Crippen LogP) is 2.36. The van der Waals surface area contributed by atoms with E-state index in [-0.39, 0.29) is 5.71 Å². The fraction of sp³-hybridized carbons (Fsp3) is 0. The van der Waals surface area contributed by atoms with Crippen LogP contribution in [0.1, 0.15) is 5.56 Å². The summed E-state index contributed by atoms with van der Waals surface area (Å²) in [7, 11) is 0. The highest BCUT2D eigenvalue weighted by atomic mass is 35.5. The Labute approximate surface area is 69.8 Å². The summed E-state index contributed by atoms with van der Waals surface area (Å²) in [6, 6.07) is 6.84. The molecule has 1 aromatic rings. The van der Waals surface area contributed by atoms with Gasteiger partial charge in [0, 0.05) is 16.8 Å². The minimum Gasteiger partial charge on any atom is -0.307 e. The monoisotopic (exact) mass is 166 g/mol. The van der Waals surface area contributed by atoms with Crippen LogP contribution in [0.4, 0.5) is 0 Å². The highest BCUT2D eigenvalue weighted by molar-refractivity contribution is 6.36. The van der Waals surface area contributed by atoms with Crippen molar-refractivity contribution < 1.29 is 0 Å². The Morgan fingerprint density at radius 2 is 1.82 bits per heavy atom. The second-order valence-corrected chi connectivity index (χ2v) is 2.50. The average molecular weight is 167 g/mol. The molecular weight excluding hydrogens is 160 g/mol. The predicted molar refractivity (Wildman–Crippen MR) is 47.1 cm³/mol. The Morgan fingerprint density at radius 1 is 1.27 bits per heavy atom. The van der Waals surface area contributed by atoms with Gasteiger partial charge in [-0.3, -0.25) is 5.41 Å². The van der Waals surface area contributed by atoms with Gasteiger partial charge in [0.2, 0.25) is 0 Å². The van der Waals surface area contributed by atoms with Gasteiger partial charge >= 0.3 is 0 Å². The molecular formula is C8H7ClN2. The van der Waals surface area contributed by atoms with E-state index in [1.54, 1.807) is 24.3 Å².